The van der Waals surface area contributed by atoms with E-state index < -0.39 is 38.0 Å². The normalized spacial score (nSPS) is 12.1. The minimum Gasteiger partial charge on any atom is -0.484 e. The van der Waals surface area contributed by atoms with Crippen molar-refractivity contribution in [1.29, 1.82) is 0 Å². The first-order valence-corrected chi connectivity index (χ1v) is 7.93. The average molecular weight is 542 g/mol. The van der Waals surface area contributed by atoms with E-state index in [0.29, 0.717) is 10.5 Å². The van der Waals surface area contributed by atoms with E-state index in [1.807, 2.05) is 0 Å². The van der Waals surface area contributed by atoms with Gasteiger partial charge >= 0.3 is 12.4 Å². The maximum absolute atomic E-state index is 12.3. The number of rotatable bonds is 7. The van der Waals surface area contributed by atoms with E-state index in [-0.39, 0.29) is 42.2 Å². The standard InChI is InChI=1S/C16H20F6N4O2.HI/c1-23-14(25-8-13(27)26(2)9-15(17,18)19)24-7-11-3-5-12(6-4-11)28-10-16(20,21)22;/h3-6H,7-10H2,1-2H3,(H2,23,24,25);1H. The van der Waals surface area contributed by atoms with Crippen LogP contribution in [0.2, 0.25) is 0 Å². The summed E-state index contributed by atoms with van der Waals surface area (Å²) in [5, 5.41) is 5.41. The van der Waals surface area contributed by atoms with E-state index in [1.54, 1.807) is 0 Å². The van der Waals surface area contributed by atoms with Crippen LogP contribution in [0.4, 0.5) is 26.3 Å². The van der Waals surface area contributed by atoms with Crippen LogP contribution in [0.15, 0.2) is 29.3 Å². The lowest BCUT2D eigenvalue weighted by molar-refractivity contribution is -0.157. The van der Waals surface area contributed by atoms with Crippen molar-refractivity contribution in [2.45, 2.75) is 18.9 Å². The lowest BCUT2D eigenvalue weighted by Crippen LogP contribution is -2.45. The second-order valence-electron chi connectivity index (χ2n) is 5.69. The molecule has 2 N–H and O–H groups in total. The van der Waals surface area contributed by atoms with Gasteiger partial charge < -0.3 is 20.3 Å². The number of amides is 1. The third-order valence-corrected chi connectivity index (χ3v) is 3.26. The molecule has 0 aliphatic rings. The molecule has 0 bridgehead atoms. The van der Waals surface area contributed by atoms with Gasteiger partial charge in [-0.05, 0) is 17.7 Å². The molecule has 0 saturated heterocycles. The van der Waals surface area contributed by atoms with Gasteiger partial charge in [0.15, 0.2) is 12.6 Å². The first kappa shape index (κ1) is 27.1. The Labute approximate surface area is 180 Å². The monoisotopic (exact) mass is 542 g/mol. The molecule has 166 valence electrons. The van der Waals surface area contributed by atoms with Crippen molar-refractivity contribution in [3.63, 3.8) is 0 Å². The quantitative estimate of drug-likeness (QED) is 0.241. The number of ether oxygens (including phenoxy) is 1. The van der Waals surface area contributed by atoms with Crippen molar-refractivity contribution in [2.24, 2.45) is 4.99 Å². The van der Waals surface area contributed by atoms with E-state index in [4.69, 9.17) is 0 Å². The van der Waals surface area contributed by atoms with Crippen molar-refractivity contribution < 1.29 is 35.9 Å². The second-order valence-corrected chi connectivity index (χ2v) is 5.69. The number of halogens is 7. The number of carbonyl (C=O) groups is 1. The van der Waals surface area contributed by atoms with Crippen molar-refractivity contribution in [2.75, 3.05) is 33.8 Å². The van der Waals surface area contributed by atoms with Gasteiger partial charge in [-0.25, -0.2) is 0 Å². The maximum atomic E-state index is 12.3. The molecule has 0 heterocycles. The molecule has 13 heteroatoms. The Kier molecular flexibility index (Phi) is 11.1. The van der Waals surface area contributed by atoms with E-state index in [0.717, 1.165) is 7.05 Å². The first-order valence-electron chi connectivity index (χ1n) is 7.93. The molecule has 1 amide bonds. The molecule has 0 atom stereocenters. The van der Waals surface area contributed by atoms with Crippen molar-refractivity contribution in [3.8, 4) is 5.75 Å². The van der Waals surface area contributed by atoms with Gasteiger partial charge in [-0.3, -0.25) is 9.79 Å². The van der Waals surface area contributed by atoms with Gasteiger partial charge in [-0.2, -0.15) is 26.3 Å². The highest BCUT2D eigenvalue weighted by Crippen LogP contribution is 2.19. The molecule has 1 aromatic rings. The van der Waals surface area contributed by atoms with Crippen LogP contribution < -0.4 is 15.4 Å². The third kappa shape index (κ3) is 12.3. The fourth-order valence-electron chi connectivity index (χ4n) is 1.93. The van der Waals surface area contributed by atoms with Crippen LogP contribution in [0, 0.1) is 0 Å². The second kappa shape index (κ2) is 11.9. The number of hydrogen-bond donors (Lipinski definition) is 2. The van der Waals surface area contributed by atoms with E-state index in [1.165, 1.54) is 31.3 Å². The molecule has 1 rings (SSSR count). The van der Waals surface area contributed by atoms with Crippen molar-refractivity contribution in [1.82, 2.24) is 15.5 Å². The third-order valence-electron chi connectivity index (χ3n) is 3.26. The topological polar surface area (TPSA) is 66.0 Å². The molecule has 0 saturated carbocycles. The summed E-state index contributed by atoms with van der Waals surface area (Å²) >= 11 is 0. The number of hydrogen-bond acceptors (Lipinski definition) is 3. The Hall–Kier alpha value is -1.93. The SMILES string of the molecule is CN=C(NCC(=O)N(C)CC(F)(F)F)NCc1ccc(OCC(F)(F)F)cc1.I. The molecule has 0 aromatic heterocycles. The van der Waals surface area contributed by atoms with Crippen LogP contribution in [0.1, 0.15) is 5.56 Å². The van der Waals surface area contributed by atoms with Gasteiger partial charge in [0.05, 0.1) is 6.54 Å². The Morgan fingerprint density at radius 2 is 1.66 bits per heavy atom. The summed E-state index contributed by atoms with van der Waals surface area (Å²) < 4.78 is 77.6. The largest absolute Gasteiger partial charge is 0.484 e. The summed E-state index contributed by atoms with van der Waals surface area (Å²) in [5.74, 6) is -0.542. The molecule has 29 heavy (non-hydrogen) atoms. The Balaban J connectivity index is 0.00000784. The number of guanidine groups is 1. The highest BCUT2D eigenvalue weighted by molar-refractivity contribution is 14.0. The van der Waals surface area contributed by atoms with Gasteiger partial charge in [-0.15, -0.1) is 24.0 Å². The lowest BCUT2D eigenvalue weighted by Gasteiger charge is -2.20. The van der Waals surface area contributed by atoms with Crippen molar-refractivity contribution >= 4 is 35.8 Å². The lowest BCUT2D eigenvalue weighted by atomic mass is 10.2. The predicted octanol–water partition coefficient (Wildman–Crippen LogP) is 2.93. The maximum Gasteiger partial charge on any atom is 0.422 e. The number of aliphatic imine (C=N–C) groups is 1. The summed E-state index contributed by atoms with van der Waals surface area (Å²) in [6.07, 6.45) is -8.91. The van der Waals surface area contributed by atoms with Crippen LogP contribution >= 0.6 is 24.0 Å². The number of nitrogens with zero attached hydrogens (tertiary/aromatic N) is 2. The first-order chi connectivity index (χ1) is 12.9. The Morgan fingerprint density at radius 3 is 2.14 bits per heavy atom. The zero-order valence-electron chi connectivity index (χ0n) is 15.5. The minimum absolute atomic E-state index is 0. The number of carbonyl (C=O) groups excluding carboxylic acids is 1. The van der Waals surface area contributed by atoms with Crippen LogP contribution in [0.5, 0.6) is 5.75 Å². The highest BCUT2D eigenvalue weighted by Gasteiger charge is 2.31. The van der Waals surface area contributed by atoms with Gasteiger partial charge in [0.2, 0.25) is 5.91 Å². The zero-order chi connectivity index (χ0) is 21.4. The molecule has 6 nitrogen and oxygen atoms in total. The van der Waals surface area contributed by atoms with Gasteiger partial charge in [0.25, 0.3) is 0 Å². The average Bonchev–Trinajstić information content (AvgIpc) is 2.58. The molecule has 0 unspecified atom stereocenters. The fourth-order valence-corrected chi connectivity index (χ4v) is 1.93. The molecule has 0 spiro atoms. The van der Waals surface area contributed by atoms with Gasteiger partial charge in [0, 0.05) is 20.6 Å². The van der Waals surface area contributed by atoms with E-state index in [9.17, 15) is 31.1 Å². The summed E-state index contributed by atoms with van der Waals surface area (Å²) in [4.78, 5) is 16.0. The van der Waals surface area contributed by atoms with E-state index >= 15 is 0 Å². The molecular formula is C16H21F6IN4O2. The van der Waals surface area contributed by atoms with Crippen molar-refractivity contribution in [3.05, 3.63) is 29.8 Å². The highest BCUT2D eigenvalue weighted by atomic mass is 127. The number of benzene rings is 1. The molecule has 0 aliphatic carbocycles. The molecule has 1 aromatic carbocycles. The summed E-state index contributed by atoms with van der Waals surface area (Å²) in [7, 11) is 2.45. The molecular weight excluding hydrogens is 521 g/mol. The van der Waals surface area contributed by atoms with Gasteiger partial charge in [0.1, 0.15) is 12.3 Å². The zero-order valence-corrected chi connectivity index (χ0v) is 17.9. The summed E-state index contributed by atoms with van der Waals surface area (Å²) in [6.45, 7) is -2.93. The number of nitrogens with one attached hydrogen (secondary N) is 2. The molecule has 0 fully saturated rings. The van der Waals surface area contributed by atoms with Crippen LogP contribution in [-0.2, 0) is 11.3 Å². The summed E-state index contributed by atoms with van der Waals surface area (Å²) in [6, 6.07) is 5.81. The number of likely N-dealkylation sites (N-methyl/N-ethyl adjacent to an activating group) is 1. The smallest absolute Gasteiger partial charge is 0.422 e. The summed E-state index contributed by atoms with van der Waals surface area (Å²) in [5.41, 5.74) is 0.683. The fraction of sp³-hybridized carbons (Fsp3) is 0.500. The Morgan fingerprint density at radius 1 is 1.07 bits per heavy atom. The minimum atomic E-state index is -4.49. The predicted molar refractivity (Wildman–Crippen MR) is 105 cm³/mol. The molecule has 0 radical (unpaired) electrons. The Bertz CT molecular complexity index is 665. The van der Waals surface area contributed by atoms with Gasteiger partial charge in [-0.1, -0.05) is 12.1 Å². The van der Waals surface area contributed by atoms with Crippen LogP contribution in [-0.4, -0.2) is 62.9 Å². The van der Waals surface area contributed by atoms with Crippen LogP contribution in [0.25, 0.3) is 0 Å². The molecule has 0 aliphatic heterocycles. The number of alkyl halides is 6. The van der Waals surface area contributed by atoms with Crippen LogP contribution in [0.3, 0.4) is 0 Å². The van der Waals surface area contributed by atoms with E-state index in [2.05, 4.69) is 20.4 Å².